The van der Waals surface area contributed by atoms with E-state index in [1.165, 1.54) is 0 Å². The van der Waals surface area contributed by atoms with Gasteiger partial charge in [-0.1, -0.05) is 11.6 Å². The van der Waals surface area contributed by atoms with Gasteiger partial charge in [-0.05, 0) is 18.2 Å². The molecule has 0 saturated carbocycles. The molecule has 0 aliphatic carbocycles. The highest BCUT2D eigenvalue weighted by Gasteiger charge is 2.01. The Hall–Kier alpha value is -1.19. The van der Waals surface area contributed by atoms with Gasteiger partial charge in [-0.3, -0.25) is 4.98 Å². The number of hydrogen-bond acceptors (Lipinski definition) is 3. The molecule has 3 nitrogen and oxygen atoms in total. The maximum atomic E-state index is 8.86. The molecule has 0 spiro atoms. The van der Waals surface area contributed by atoms with Crippen LogP contribution in [0, 0.1) is 0 Å². The highest BCUT2D eigenvalue weighted by Crippen LogP contribution is 2.19. The van der Waals surface area contributed by atoms with Gasteiger partial charge in [-0.2, -0.15) is 0 Å². The molecule has 0 bridgehead atoms. The van der Waals surface area contributed by atoms with Crippen molar-refractivity contribution in [3.8, 4) is 0 Å². The lowest BCUT2D eigenvalue weighted by atomic mass is 10.3. The molecule has 0 fully saturated rings. The van der Waals surface area contributed by atoms with E-state index < -0.39 is 0 Å². The fraction of sp³-hybridized carbons (Fsp3) is 0.111. The average molecular weight is 195 g/mol. The van der Waals surface area contributed by atoms with Gasteiger partial charge in [0.2, 0.25) is 0 Å². The minimum Gasteiger partial charge on any atom is -0.390 e. The lowest BCUT2D eigenvalue weighted by Gasteiger charge is -2.00. The second-order valence-electron chi connectivity index (χ2n) is 2.62. The summed E-state index contributed by atoms with van der Waals surface area (Å²) in [4.78, 5) is 8.24. The SMILES string of the molecule is OCc1ccc2nccc(Cl)c2n1. The minimum absolute atomic E-state index is 0.0822. The van der Waals surface area contributed by atoms with Crippen LogP contribution in [0.3, 0.4) is 0 Å². The fourth-order valence-corrected chi connectivity index (χ4v) is 1.32. The molecule has 2 aromatic rings. The molecule has 0 aliphatic rings. The van der Waals surface area contributed by atoms with Gasteiger partial charge in [0.1, 0.15) is 5.52 Å². The Balaban J connectivity index is 2.74. The zero-order valence-electron chi connectivity index (χ0n) is 6.74. The first-order valence-corrected chi connectivity index (χ1v) is 4.20. The van der Waals surface area contributed by atoms with Crippen molar-refractivity contribution in [2.24, 2.45) is 0 Å². The molecule has 1 N–H and O–H groups in total. The summed E-state index contributed by atoms with van der Waals surface area (Å²) < 4.78 is 0. The number of fused-ring (bicyclic) bond motifs is 1. The molecular weight excluding hydrogens is 188 g/mol. The molecule has 2 heterocycles. The molecule has 0 aliphatic heterocycles. The van der Waals surface area contributed by atoms with E-state index in [4.69, 9.17) is 16.7 Å². The molecule has 66 valence electrons. The number of aliphatic hydroxyl groups excluding tert-OH is 1. The number of hydrogen-bond donors (Lipinski definition) is 1. The molecule has 2 rings (SSSR count). The van der Waals surface area contributed by atoms with Crippen LogP contribution in [0.4, 0.5) is 0 Å². The predicted octanol–water partition coefficient (Wildman–Crippen LogP) is 1.78. The topological polar surface area (TPSA) is 46.0 Å². The number of nitrogens with zero attached hydrogens (tertiary/aromatic N) is 2. The molecule has 0 amide bonds. The van der Waals surface area contributed by atoms with Crippen molar-refractivity contribution >= 4 is 22.6 Å². The lowest BCUT2D eigenvalue weighted by molar-refractivity contribution is 0.277. The van der Waals surface area contributed by atoms with Crippen LogP contribution < -0.4 is 0 Å². The molecule has 0 aromatic carbocycles. The van der Waals surface area contributed by atoms with Crippen LogP contribution in [0.2, 0.25) is 5.02 Å². The molecular formula is C9H7ClN2O. The van der Waals surface area contributed by atoms with E-state index in [9.17, 15) is 0 Å². The van der Waals surface area contributed by atoms with Gasteiger partial charge in [-0.15, -0.1) is 0 Å². The third-order valence-corrected chi connectivity index (χ3v) is 2.06. The van der Waals surface area contributed by atoms with Gasteiger partial charge in [0.15, 0.2) is 0 Å². The van der Waals surface area contributed by atoms with Crippen LogP contribution in [0.5, 0.6) is 0 Å². The minimum atomic E-state index is -0.0822. The van der Waals surface area contributed by atoms with Crippen molar-refractivity contribution in [3.63, 3.8) is 0 Å². The van der Waals surface area contributed by atoms with E-state index in [0.717, 1.165) is 5.52 Å². The first-order chi connectivity index (χ1) is 6.31. The monoisotopic (exact) mass is 194 g/mol. The standard InChI is InChI=1S/C9H7ClN2O/c10-7-3-4-11-8-2-1-6(5-13)12-9(7)8/h1-4,13H,5H2. The van der Waals surface area contributed by atoms with Crippen LogP contribution >= 0.6 is 11.6 Å². The number of aromatic nitrogens is 2. The van der Waals surface area contributed by atoms with Gasteiger partial charge in [0, 0.05) is 6.20 Å². The van der Waals surface area contributed by atoms with Crippen molar-refractivity contribution in [2.45, 2.75) is 6.61 Å². The first-order valence-electron chi connectivity index (χ1n) is 3.82. The summed E-state index contributed by atoms with van der Waals surface area (Å²) in [6.07, 6.45) is 1.63. The maximum absolute atomic E-state index is 8.86. The molecule has 0 saturated heterocycles. The molecule has 0 unspecified atom stereocenters. The van der Waals surface area contributed by atoms with E-state index >= 15 is 0 Å². The summed E-state index contributed by atoms with van der Waals surface area (Å²) in [6, 6.07) is 5.20. The van der Waals surface area contributed by atoms with E-state index in [-0.39, 0.29) is 6.61 Å². The normalized spacial score (nSPS) is 10.6. The molecule has 0 radical (unpaired) electrons. The number of aliphatic hydroxyl groups is 1. The van der Waals surface area contributed by atoms with Gasteiger partial charge in [-0.25, -0.2) is 4.98 Å². The van der Waals surface area contributed by atoms with E-state index in [2.05, 4.69) is 9.97 Å². The summed E-state index contributed by atoms with van der Waals surface area (Å²) in [6.45, 7) is -0.0822. The number of pyridine rings is 2. The molecule has 2 aromatic heterocycles. The van der Waals surface area contributed by atoms with Crippen molar-refractivity contribution in [1.29, 1.82) is 0 Å². The highest BCUT2D eigenvalue weighted by atomic mass is 35.5. The first kappa shape index (κ1) is 8.41. The summed E-state index contributed by atoms with van der Waals surface area (Å²) in [7, 11) is 0. The number of halogens is 1. The quantitative estimate of drug-likeness (QED) is 0.753. The second kappa shape index (κ2) is 3.28. The largest absolute Gasteiger partial charge is 0.390 e. The average Bonchev–Trinajstić information content (AvgIpc) is 2.18. The lowest BCUT2D eigenvalue weighted by Crippen LogP contribution is -1.90. The number of rotatable bonds is 1. The van der Waals surface area contributed by atoms with Crippen molar-refractivity contribution < 1.29 is 5.11 Å². The van der Waals surface area contributed by atoms with Gasteiger partial charge >= 0.3 is 0 Å². The molecule has 0 atom stereocenters. The van der Waals surface area contributed by atoms with Gasteiger partial charge in [0.05, 0.1) is 22.8 Å². The Bertz CT molecular complexity index is 445. The van der Waals surface area contributed by atoms with Gasteiger partial charge < -0.3 is 5.11 Å². The van der Waals surface area contributed by atoms with Crippen LogP contribution in [0.15, 0.2) is 24.4 Å². The highest BCUT2D eigenvalue weighted by molar-refractivity contribution is 6.34. The Kier molecular flexibility index (Phi) is 2.12. The fourth-order valence-electron chi connectivity index (χ4n) is 1.12. The van der Waals surface area contributed by atoms with E-state index in [1.807, 2.05) is 0 Å². The predicted molar refractivity (Wildman–Crippen MR) is 50.5 cm³/mol. The Morgan fingerprint density at radius 2 is 2.15 bits per heavy atom. The zero-order valence-corrected chi connectivity index (χ0v) is 7.49. The Morgan fingerprint density at radius 3 is 2.92 bits per heavy atom. The summed E-state index contributed by atoms with van der Waals surface area (Å²) in [5.74, 6) is 0. The molecule has 4 heteroatoms. The zero-order chi connectivity index (χ0) is 9.26. The maximum Gasteiger partial charge on any atom is 0.108 e. The van der Waals surface area contributed by atoms with Gasteiger partial charge in [0.25, 0.3) is 0 Å². The van der Waals surface area contributed by atoms with Crippen molar-refractivity contribution in [1.82, 2.24) is 9.97 Å². The van der Waals surface area contributed by atoms with E-state index in [0.29, 0.717) is 16.2 Å². The summed E-state index contributed by atoms with van der Waals surface area (Å²) in [5.41, 5.74) is 1.97. The van der Waals surface area contributed by atoms with Crippen LogP contribution in [0.25, 0.3) is 11.0 Å². The third kappa shape index (κ3) is 1.48. The van der Waals surface area contributed by atoms with Crippen molar-refractivity contribution in [2.75, 3.05) is 0 Å². The Labute approximate surface area is 80.0 Å². The smallest absolute Gasteiger partial charge is 0.108 e. The summed E-state index contributed by atoms with van der Waals surface area (Å²) in [5, 5.41) is 9.42. The van der Waals surface area contributed by atoms with Crippen molar-refractivity contribution in [3.05, 3.63) is 35.1 Å². The van der Waals surface area contributed by atoms with Crippen LogP contribution in [-0.2, 0) is 6.61 Å². The molecule has 13 heavy (non-hydrogen) atoms. The second-order valence-corrected chi connectivity index (χ2v) is 3.03. The summed E-state index contributed by atoms with van der Waals surface area (Å²) >= 11 is 5.90. The Morgan fingerprint density at radius 1 is 1.31 bits per heavy atom. The van der Waals surface area contributed by atoms with Crippen LogP contribution in [0.1, 0.15) is 5.69 Å². The van der Waals surface area contributed by atoms with E-state index in [1.54, 1.807) is 24.4 Å². The van der Waals surface area contributed by atoms with Crippen LogP contribution in [-0.4, -0.2) is 15.1 Å². The third-order valence-electron chi connectivity index (χ3n) is 1.75.